The van der Waals surface area contributed by atoms with E-state index in [4.69, 9.17) is 10.5 Å². The first-order chi connectivity index (χ1) is 13.7. The Morgan fingerprint density at radius 1 is 1.31 bits per heavy atom. The van der Waals surface area contributed by atoms with Gasteiger partial charge in [0, 0.05) is 30.8 Å². The molecule has 0 aromatic heterocycles. The van der Waals surface area contributed by atoms with Crippen LogP contribution in [0.5, 0.6) is 5.75 Å². The van der Waals surface area contributed by atoms with Crippen molar-refractivity contribution >= 4 is 29.1 Å². The van der Waals surface area contributed by atoms with Gasteiger partial charge in [-0.1, -0.05) is 13.8 Å². The average Bonchev–Trinajstić information content (AvgIpc) is 2.66. The fourth-order valence-electron chi connectivity index (χ4n) is 2.58. The third-order valence-electron chi connectivity index (χ3n) is 4.11. The third-order valence-corrected chi connectivity index (χ3v) is 4.11. The van der Waals surface area contributed by atoms with Crippen LogP contribution < -0.4 is 26.0 Å². The van der Waals surface area contributed by atoms with E-state index in [1.807, 2.05) is 0 Å². The largest absolute Gasteiger partial charge is 0.433 e. The van der Waals surface area contributed by atoms with Crippen LogP contribution in [0.4, 0.5) is 20.2 Å². The Balaban J connectivity index is 2.21. The minimum absolute atomic E-state index is 0.139. The molecule has 1 atom stereocenters. The monoisotopic (exact) mass is 414 g/mol. The maximum atomic E-state index is 12.9. The molecule has 0 saturated carbocycles. The highest BCUT2D eigenvalue weighted by molar-refractivity contribution is 5.99. The lowest BCUT2D eigenvalue weighted by Crippen LogP contribution is -2.49. The van der Waals surface area contributed by atoms with Crippen LogP contribution in [0, 0.1) is 5.92 Å². The molecule has 0 unspecified atom stereocenters. The summed E-state index contributed by atoms with van der Waals surface area (Å²) >= 11 is 0. The van der Waals surface area contributed by atoms with Crippen molar-refractivity contribution in [3.8, 4) is 5.75 Å². The zero-order valence-corrected chi connectivity index (χ0v) is 16.1. The number of nitrogens with two attached hydrogens (primary N) is 1. The number of hydrogen-bond donors (Lipinski definition) is 3. The predicted molar refractivity (Wildman–Crippen MR) is 101 cm³/mol. The lowest BCUT2D eigenvalue weighted by Gasteiger charge is -2.28. The number of alkyl halides is 2. The van der Waals surface area contributed by atoms with Gasteiger partial charge in [-0.25, -0.2) is 0 Å². The number of halogens is 2. The summed E-state index contributed by atoms with van der Waals surface area (Å²) in [5, 5.41) is 5.01. The van der Waals surface area contributed by atoms with Gasteiger partial charge >= 0.3 is 6.61 Å². The van der Waals surface area contributed by atoms with Gasteiger partial charge in [-0.15, -0.1) is 0 Å². The molecule has 1 heterocycles. The lowest BCUT2D eigenvalue weighted by atomic mass is 10.1. The molecule has 160 valence electrons. The molecule has 1 aliphatic heterocycles. The highest BCUT2D eigenvalue weighted by atomic mass is 19.3. The number of hydrogen-bond acceptors (Lipinski definition) is 6. The highest BCUT2D eigenvalue weighted by Crippen LogP contribution is 2.33. The number of nitrogens with one attached hydrogen (secondary N) is 2. The molecule has 1 aromatic carbocycles. The van der Waals surface area contributed by atoms with Gasteiger partial charge in [0.1, 0.15) is 12.6 Å². The quantitative estimate of drug-likeness (QED) is 0.575. The van der Waals surface area contributed by atoms with Gasteiger partial charge in [-0.05, 0) is 12.1 Å². The molecule has 11 heteroatoms. The van der Waals surface area contributed by atoms with E-state index in [1.165, 1.54) is 23.1 Å². The van der Waals surface area contributed by atoms with Crippen molar-refractivity contribution in [1.29, 1.82) is 0 Å². The van der Waals surface area contributed by atoms with Crippen molar-refractivity contribution in [2.75, 3.05) is 36.5 Å². The molecular weight excluding hydrogens is 390 g/mol. The van der Waals surface area contributed by atoms with Crippen LogP contribution in [-0.4, -0.2) is 56.7 Å². The van der Waals surface area contributed by atoms with Gasteiger partial charge in [0.05, 0.1) is 12.3 Å². The van der Waals surface area contributed by atoms with Crippen LogP contribution >= 0.6 is 0 Å². The van der Waals surface area contributed by atoms with E-state index in [0.29, 0.717) is 0 Å². The van der Waals surface area contributed by atoms with E-state index < -0.39 is 24.5 Å². The van der Waals surface area contributed by atoms with E-state index in [0.717, 1.165) is 0 Å². The Morgan fingerprint density at radius 2 is 2.03 bits per heavy atom. The molecule has 0 spiro atoms. The van der Waals surface area contributed by atoms with Crippen LogP contribution in [0.15, 0.2) is 18.2 Å². The van der Waals surface area contributed by atoms with E-state index in [1.54, 1.807) is 13.8 Å². The molecule has 0 radical (unpaired) electrons. The Hall–Kier alpha value is -2.79. The fourth-order valence-corrected chi connectivity index (χ4v) is 2.58. The number of rotatable bonds is 8. The number of carbonyl (C=O) groups is 3. The second kappa shape index (κ2) is 10.1. The molecule has 1 fully saturated rings. The minimum Gasteiger partial charge on any atom is -0.433 e. The summed E-state index contributed by atoms with van der Waals surface area (Å²) in [7, 11) is 0. The summed E-state index contributed by atoms with van der Waals surface area (Å²) in [5.41, 5.74) is 5.84. The zero-order chi connectivity index (χ0) is 21.6. The molecule has 1 aliphatic rings. The zero-order valence-electron chi connectivity index (χ0n) is 16.1. The van der Waals surface area contributed by atoms with Crippen molar-refractivity contribution in [3.63, 3.8) is 0 Å². The van der Waals surface area contributed by atoms with Crippen LogP contribution in [0.3, 0.4) is 0 Å². The van der Waals surface area contributed by atoms with Crippen LogP contribution in [0.2, 0.25) is 0 Å². The number of amides is 3. The number of ether oxygens (including phenoxy) is 2. The van der Waals surface area contributed by atoms with E-state index in [9.17, 15) is 23.2 Å². The Morgan fingerprint density at radius 3 is 2.62 bits per heavy atom. The maximum Gasteiger partial charge on any atom is 0.387 e. The molecule has 1 saturated heterocycles. The van der Waals surface area contributed by atoms with Gasteiger partial charge in [-0.2, -0.15) is 8.78 Å². The molecule has 9 nitrogen and oxygen atoms in total. The first kappa shape index (κ1) is 22.5. The Bertz CT molecular complexity index is 760. The Kier molecular flexibility index (Phi) is 7.85. The van der Waals surface area contributed by atoms with Crippen molar-refractivity contribution in [3.05, 3.63) is 18.2 Å². The molecule has 3 amide bonds. The van der Waals surface area contributed by atoms with Crippen molar-refractivity contribution in [2.45, 2.75) is 26.5 Å². The SMILES string of the molecule is CC(C)C(=O)N[C@@H](CN)C(=O)Nc1ccc(N2CCOCC2=O)c(OC(F)F)c1. The second-order valence-corrected chi connectivity index (χ2v) is 6.60. The molecule has 29 heavy (non-hydrogen) atoms. The van der Waals surface area contributed by atoms with Gasteiger partial charge in [0.15, 0.2) is 5.75 Å². The number of anilines is 2. The van der Waals surface area contributed by atoms with Gasteiger partial charge in [-0.3, -0.25) is 14.4 Å². The minimum atomic E-state index is -3.13. The van der Waals surface area contributed by atoms with Crippen molar-refractivity contribution in [2.24, 2.45) is 11.7 Å². The summed E-state index contributed by atoms with van der Waals surface area (Å²) in [5.74, 6) is -1.97. The summed E-state index contributed by atoms with van der Waals surface area (Å²) in [4.78, 5) is 37.5. The molecule has 0 bridgehead atoms. The molecule has 1 aromatic rings. The van der Waals surface area contributed by atoms with Crippen LogP contribution in [-0.2, 0) is 19.1 Å². The molecular formula is C18H24F2N4O5. The second-order valence-electron chi connectivity index (χ2n) is 6.60. The lowest BCUT2D eigenvalue weighted by molar-refractivity contribution is -0.128. The van der Waals surface area contributed by atoms with Crippen molar-refractivity contribution < 1.29 is 32.6 Å². The van der Waals surface area contributed by atoms with E-state index in [2.05, 4.69) is 15.4 Å². The summed E-state index contributed by atoms with van der Waals surface area (Å²) in [6.07, 6.45) is 0. The summed E-state index contributed by atoms with van der Waals surface area (Å²) in [6, 6.07) is 3.01. The first-order valence-corrected chi connectivity index (χ1v) is 9.01. The van der Waals surface area contributed by atoms with Gasteiger partial charge < -0.3 is 30.7 Å². The van der Waals surface area contributed by atoms with Crippen LogP contribution in [0.1, 0.15) is 13.8 Å². The van der Waals surface area contributed by atoms with E-state index in [-0.39, 0.29) is 55.3 Å². The van der Waals surface area contributed by atoms with Crippen LogP contribution in [0.25, 0.3) is 0 Å². The predicted octanol–water partition coefficient (Wildman–Crippen LogP) is 0.689. The van der Waals surface area contributed by atoms with Crippen molar-refractivity contribution in [1.82, 2.24) is 5.32 Å². The molecule has 4 N–H and O–H groups in total. The molecule has 0 aliphatic carbocycles. The maximum absolute atomic E-state index is 12.9. The van der Waals surface area contributed by atoms with Gasteiger partial charge in [0.2, 0.25) is 11.8 Å². The smallest absolute Gasteiger partial charge is 0.387 e. The highest BCUT2D eigenvalue weighted by Gasteiger charge is 2.26. The topological polar surface area (TPSA) is 123 Å². The normalized spacial score (nSPS) is 15.4. The number of carbonyl (C=O) groups excluding carboxylic acids is 3. The summed E-state index contributed by atoms with van der Waals surface area (Å²) < 4.78 is 35.3. The first-order valence-electron chi connectivity index (χ1n) is 9.01. The fraction of sp³-hybridized carbons (Fsp3) is 0.500. The standard InChI is InChI=1S/C18H24F2N4O5/c1-10(2)16(26)23-12(8-21)17(27)22-11-3-4-13(14(7-11)29-18(19)20)24-5-6-28-9-15(24)25/h3-4,7,10,12,18H,5-6,8-9,21H2,1-2H3,(H,22,27)(H,23,26)/t12-/m0/s1. The summed E-state index contributed by atoms with van der Waals surface area (Å²) in [6.45, 7) is 0.330. The number of benzene rings is 1. The third kappa shape index (κ3) is 6.09. The number of morpholine rings is 1. The molecule has 2 rings (SSSR count). The van der Waals surface area contributed by atoms with Gasteiger partial charge in [0.25, 0.3) is 5.91 Å². The Labute approximate surface area is 166 Å². The average molecular weight is 414 g/mol. The number of nitrogens with zero attached hydrogens (tertiary/aromatic N) is 1. The van der Waals surface area contributed by atoms with E-state index >= 15 is 0 Å².